The van der Waals surface area contributed by atoms with Crippen molar-refractivity contribution in [3.63, 3.8) is 0 Å². The van der Waals surface area contributed by atoms with Crippen LogP contribution in [-0.4, -0.2) is 49.6 Å². The van der Waals surface area contributed by atoms with Crippen LogP contribution < -0.4 is 5.32 Å². The van der Waals surface area contributed by atoms with Gasteiger partial charge in [0.05, 0.1) is 11.5 Å². The first-order valence-corrected chi connectivity index (χ1v) is 12.3. The summed E-state index contributed by atoms with van der Waals surface area (Å²) in [5, 5.41) is 2.89. The highest BCUT2D eigenvalue weighted by molar-refractivity contribution is 5.85. The lowest BCUT2D eigenvalue weighted by Crippen LogP contribution is -2.54. The quantitative estimate of drug-likeness (QED) is 0.678. The average molecular weight is 449 g/mol. The van der Waals surface area contributed by atoms with E-state index in [9.17, 15) is 9.59 Å². The van der Waals surface area contributed by atoms with Crippen molar-refractivity contribution in [2.24, 2.45) is 5.41 Å². The Morgan fingerprint density at radius 3 is 2.64 bits per heavy atom. The minimum atomic E-state index is -0.599. The molecular weight excluding hydrogens is 412 g/mol. The minimum absolute atomic E-state index is 0.0279. The van der Waals surface area contributed by atoms with Crippen molar-refractivity contribution in [2.75, 3.05) is 26.7 Å². The van der Waals surface area contributed by atoms with Gasteiger partial charge in [-0.1, -0.05) is 54.1 Å². The molecule has 2 aromatic rings. The van der Waals surface area contributed by atoms with Gasteiger partial charge in [0.2, 0.25) is 11.8 Å². The van der Waals surface area contributed by atoms with Crippen LogP contribution in [0.1, 0.15) is 49.7 Å². The van der Waals surface area contributed by atoms with Crippen molar-refractivity contribution in [1.82, 2.24) is 10.2 Å². The smallest absolute Gasteiger partial charge is 0.228 e. The Morgan fingerprint density at radius 2 is 1.91 bits per heavy atom. The summed E-state index contributed by atoms with van der Waals surface area (Å²) in [6.07, 6.45) is 5.89. The number of likely N-dealkylation sites (tertiary alicyclic amines) is 1. The van der Waals surface area contributed by atoms with Gasteiger partial charge in [0.1, 0.15) is 0 Å². The lowest BCUT2D eigenvalue weighted by Gasteiger charge is -2.42. The number of aryl methyl sites for hydroxylation is 1. The number of piperidine rings is 1. The monoisotopic (exact) mass is 448 g/mol. The van der Waals surface area contributed by atoms with E-state index in [0.717, 1.165) is 56.4 Å². The van der Waals surface area contributed by atoms with Gasteiger partial charge in [-0.25, -0.2) is 0 Å². The third-order valence-electron chi connectivity index (χ3n) is 7.16. The lowest BCUT2D eigenvalue weighted by molar-refractivity contribution is -0.141. The second kappa shape index (κ2) is 10.5. The first kappa shape index (κ1) is 23.5. The molecule has 5 nitrogen and oxygen atoms in total. The maximum absolute atomic E-state index is 13.2. The molecule has 2 aliphatic rings. The van der Waals surface area contributed by atoms with Gasteiger partial charge in [0.25, 0.3) is 0 Å². The number of rotatable bonds is 7. The summed E-state index contributed by atoms with van der Waals surface area (Å²) in [4.78, 5) is 28.1. The molecule has 0 bridgehead atoms. The van der Waals surface area contributed by atoms with Crippen LogP contribution in [0.3, 0.4) is 0 Å². The molecule has 1 N–H and O–H groups in total. The molecule has 2 aliphatic heterocycles. The van der Waals surface area contributed by atoms with Crippen molar-refractivity contribution in [1.29, 1.82) is 0 Å². The molecule has 0 aromatic heterocycles. The van der Waals surface area contributed by atoms with Gasteiger partial charge in [0, 0.05) is 33.2 Å². The molecule has 0 saturated carbocycles. The maximum Gasteiger partial charge on any atom is 0.228 e. The molecule has 176 valence electrons. The molecule has 4 rings (SSSR count). The summed E-state index contributed by atoms with van der Waals surface area (Å²) in [5.74, 6) is 0.173. The van der Waals surface area contributed by atoms with Gasteiger partial charge in [-0.15, -0.1) is 0 Å². The second-order valence-corrected chi connectivity index (χ2v) is 9.70. The number of carbonyl (C=O) groups is 2. The summed E-state index contributed by atoms with van der Waals surface area (Å²) in [5.41, 5.74) is 4.09. The molecule has 0 aliphatic carbocycles. The average Bonchev–Trinajstić information content (AvgIpc) is 3.36. The third-order valence-corrected chi connectivity index (χ3v) is 7.16. The largest absolute Gasteiger partial charge is 0.378 e. The van der Waals surface area contributed by atoms with Gasteiger partial charge in [-0.2, -0.15) is 0 Å². The van der Waals surface area contributed by atoms with Crippen molar-refractivity contribution >= 4 is 11.8 Å². The molecular formula is C28H36N2O3. The Kier molecular flexibility index (Phi) is 7.49. The van der Waals surface area contributed by atoms with E-state index in [2.05, 4.69) is 60.8 Å². The summed E-state index contributed by atoms with van der Waals surface area (Å²) < 4.78 is 5.69. The van der Waals surface area contributed by atoms with E-state index >= 15 is 0 Å². The van der Waals surface area contributed by atoms with Crippen molar-refractivity contribution < 1.29 is 14.3 Å². The van der Waals surface area contributed by atoms with E-state index in [4.69, 9.17) is 4.74 Å². The van der Waals surface area contributed by atoms with E-state index in [0.29, 0.717) is 19.4 Å². The van der Waals surface area contributed by atoms with E-state index in [-0.39, 0.29) is 17.9 Å². The van der Waals surface area contributed by atoms with Crippen molar-refractivity contribution in [3.05, 3.63) is 59.7 Å². The van der Waals surface area contributed by atoms with Crippen LogP contribution in [-0.2, 0) is 20.7 Å². The van der Waals surface area contributed by atoms with Gasteiger partial charge in [0.15, 0.2) is 0 Å². The number of ether oxygens (including phenoxy) is 1. The number of hydrogen-bond donors (Lipinski definition) is 1. The standard InChI is InChI=1S/C28H36N2O3/c1-21-7-3-9-23(17-21)24-10-4-8-22(18-24)19-28(27(32)29-2)14-6-15-30(20-28)26(31)13-12-25-11-5-16-33-25/h3-4,7-10,17-18,25H,5-6,11-16,19-20H2,1-2H3,(H,29,32)/t25-,28+/m1/s1. The number of carbonyl (C=O) groups excluding carboxylic acids is 2. The fraction of sp³-hybridized carbons (Fsp3) is 0.500. The van der Waals surface area contributed by atoms with Gasteiger partial charge in [-0.3, -0.25) is 9.59 Å². The molecule has 0 radical (unpaired) electrons. The molecule has 2 atom stereocenters. The van der Waals surface area contributed by atoms with Crippen LogP contribution in [0.4, 0.5) is 0 Å². The first-order chi connectivity index (χ1) is 16.0. The summed E-state index contributed by atoms with van der Waals surface area (Å²) in [7, 11) is 1.70. The maximum atomic E-state index is 13.2. The Morgan fingerprint density at radius 1 is 1.12 bits per heavy atom. The van der Waals surface area contributed by atoms with Crippen LogP contribution in [0.25, 0.3) is 11.1 Å². The van der Waals surface area contributed by atoms with Gasteiger partial charge < -0.3 is 15.0 Å². The molecule has 0 unspecified atom stereocenters. The zero-order valence-electron chi connectivity index (χ0n) is 19.9. The normalized spacial score (nSPS) is 22.8. The Balaban J connectivity index is 1.50. The highest BCUT2D eigenvalue weighted by atomic mass is 16.5. The van der Waals surface area contributed by atoms with Crippen LogP contribution in [0.2, 0.25) is 0 Å². The molecule has 2 saturated heterocycles. The predicted octanol–water partition coefficient (Wildman–Crippen LogP) is 4.52. The minimum Gasteiger partial charge on any atom is -0.378 e. The molecule has 5 heteroatoms. The zero-order chi connectivity index (χ0) is 23.3. The summed E-state index contributed by atoms with van der Waals surface area (Å²) in [6, 6.07) is 17.0. The topological polar surface area (TPSA) is 58.6 Å². The molecule has 2 heterocycles. The van der Waals surface area contributed by atoms with E-state index in [1.807, 2.05) is 4.90 Å². The van der Waals surface area contributed by atoms with Crippen molar-refractivity contribution in [2.45, 2.75) is 58.0 Å². The predicted molar refractivity (Wildman–Crippen MR) is 131 cm³/mol. The Labute approximate surface area is 197 Å². The molecule has 33 heavy (non-hydrogen) atoms. The number of hydrogen-bond acceptors (Lipinski definition) is 3. The van der Waals surface area contributed by atoms with Crippen molar-refractivity contribution in [3.8, 4) is 11.1 Å². The first-order valence-electron chi connectivity index (χ1n) is 12.3. The van der Waals surface area contributed by atoms with Gasteiger partial charge >= 0.3 is 0 Å². The van der Waals surface area contributed by atoms with E-state index < -0.39 is 5.41 Å². The van der Waals surface area contributed by atoms with E-state index in [1.54, 1.807) is 7.05 Å². The van der Waals surface area contributed by atoms with Crippen LogP contribution in [0, 0.1) is 12.3 Å². The van der Waals surface area contributed by atoms with Crippen LogP contribution in [0.15, 0.2) is 48.5 Å². The fourth-order valence-corrected chi connectivity index (χ4v) is 5.41. The summed E-state index contributed by atoms with van der Waals surface area (Å²) >= 11 is 0. The molecule has 2 aromatic carbocycles. The highest BCUT2D eigenvalue weighted by Gasteiger charge is 2.43. The lowest BCUT2D eigenvalue weighted by atomic mass is 9.74. The third kappa shape index (κ3) is 5.64. The second-order valence-electron chi connectivity index (χ2n) is 9.70. The van der Waals surface area contributed by atoms with Gasteiger partial charge in [-0.05, 0) is 62.1 Å². The Hall–Kier alpha value is -2.66. The molecule has 0 spiro atoms. The SMILES string of the molecule is CNC(=O)[C@]1(Cc2cccc(-c3cccc(C)c3)c2)CCCN(C(=O)CC[C@H]2CCCO2)C1. The zero-order valence-corrected chi connectivity index (χ0v) is 19.9. The van der Waals surface area contributed by atoms with Crippen LogP contribution >= 0.6 is 0 Å². The van der Waals surface area contributed by atoms with E-state index in [1.165, 1.54) is 11.1 Å². The molecule has 2 fully saturated rings. The number of nitrogens with one attached hydrogen (secondary N) is 1. The highest BCUT2D eigenvalue weighted by Crippen LogP contribution is 2.36. The number of benzene rings is 2. The molecule has 2 amide bonds. The summed E-state index contributed by atoms with van der Waals surface area (Å²) in [6.45, 7) is 4.11. The Bertz CT molecular complexity index is 983. The number of amides is 2. The fourth-order valence-electron chi connectivity index (χ4n) is 5.41. The number of nitrogens with zero attached hydrogens (tertiary/aromatic N) is 1. The van der Waals surface area contributed by atoms with Crippen LogP contribution in [0.5, 0.6) is 0 Å².